The second-order valence-corrected chi connectivity index (χ2v) is 6.95. The average molecular weight is 452 g/mol. The molecule has 0 aromatic carbocycles. The van der Waals surface area contributed by atoms with Crippen LogP contribution in [0.3, 0.4) is 0 Å². The summed E-state index contributed by atoms with van der Waals surface area (Å²) in [6.07, 6.45) is 6.52. The molecule has 5 nitrogen and oxygen atoms in total. The number of carbonyl (C=O) groups excluding carboxylic acids is 1. The van der Waals surface area contributed by atoms with Crippen molar-refractivity contribution in [2.24, 2.45) is 16.3 Å². The van der Waals surface area contributed by atoms with Crippen LogP contribution < -0.4 is 10.6 Å². The van der Waals surface area contributed by atoms with E-state index in [0.29, 0.717) is 12.5 Å². The minimum absolute atomic E-state index is 0. The van der Waals surface area contributed by atoms with Crippen LogP contribution in [0.4, 0.5) is 0 Å². The van der Waals surface area contributed by atoms with Gasteiger partial charge in [-0.2, -0.15) is 0 Å². The van der Waals surface area contributed by atoms with Crippen molar-refractivity contribution in [3.63, 3.8) is 0 Å². The van der Waals surface area contributed by atoms with Crippen LogP contribution in [0.15, 0.2) is 4.99 Å². The fourth-order valence-electron chi connectivity index (χ4n) is 3.36. The number of nitrogens with one attached hydrogen (secondary N) is 2. The normalized spacial score (nSPS) is 16.7. The van der Waals surface area contributed by atoms with Crippen LogP contribution in [-0.4, -0.2) is 50.5 Å². The number of nitrogens with zero attached hydrogens (tertiary/aromatic N) is 2. The van der Waals surface area contributed by atoms with Crippen molar-refractivity contribution in [2.45, 2.75) is 59.3 Å². The lowest BCUT2D eigenvalue weighted by atomic mass is 9.85. The van der Waals surface area contributed by atoms with Gasteiger partial charge in [-0.15, -0.1) is 24.0 Å². The summed E-state index contributed by atoms with van der Waals surface area (Å²) < 4.78 is 0. The highest BCUT2D eigenvalue weighted by Gasteiger charge is 2.42. The third-order valence-electron chi connectivity index (χ3n) is 5.02. The molecule has 0 spiro atoms. The van der Waals surface area contributed by atoms with Gasteiger partial charge in [-0.3, -0.25) is 9.79 Å². The molecule has 1 aliphatic rings. The number of aliphatic imine (C=N–C) groups is 1. The SMILES string of the molecule is CCNC(=NCC1(C(=O)N(C)C)CCCC1)NCC(CC)CC.I. The molecule has 0 radical (unpaired) electrons. The highest BCUT2D eigenvalue weighted by atomic mass is 127. The zero-order chi connectivity index (χ0) is 17.3. The fourth-order valence-corrected chi connectivity index (χ4v) is 3.36. The van der Waals surface area contributed by atoms with E-state index >= 15 is 0 Å². The van der Waals surface area contributed by atoms with Gasteiger partial charge in [-0.1, -0.05) is 39.5 Å². The largest absolute Gasteiger partial charge is 0.357 e. The van der Waals surface area contributed by atoms with Gasteiger partial charge in [0, 0.05) is 27.2 Å². The smallest absolute Gasteiger partial charge is 0.230 e. The molecule has 0 heterocycles. The Hall–Kier alpha value is -0.530. The predicted molar refractivity (Wildman–Crippen MR) is 113 cm³/mol. The first-order chi connectivity index (χ1) is 11.0. The summed E-state index contributed by atoms with van der Waals surface area (Å²) in [7, 11) is 3.70. The molecule has 0 unspecified atom stereocenters. The lowest BCUT2D eigenvalue weighted by Gasteiger charge is -2.29. The zero-order valence-corrected chi connectivity index (χ0v) is 18.5. The second kappa shape index (κ2) is 11.9. The number of halogens is 1. The molecule has 0 atom stereocenters. The molecule has 0 aromatic heterocycles. The number of rotatable bonds is 8. The van der Waals surface area contributed by atoms with Crippen LogP contribution in [-0.2, 0) is 4.79 Å². The minimum atomic E-state index is -0.291. The topological polar surface area (TPSA) is 56.7 Å². The third kappa shape index (κ3) is 6.76. The molecular weight excluding hydrogens is 415 g/mol. The summed E-state index contributed by atoms with van der Waals surface area (Å²) in [6.45, 7) is 8.89. The maximum Gasteiger partial charge on any atom is 0.230 e. The molecule has 1 aliphatic carbocycles. The lowest BCUT2D eigenvalue weighted by Crippen LogP contribution is -2.43. The van der Waals surface area contributed by atoms with Gasteiger partial charge >= 0.3 is 0 Å². The van der Waals surface area contributed by atoms with Crippen molar-refractivity contribution in [3.8, 4) is 0 Å². The molecule has 0 saturated heterocycles. The van der Waals surface area contributed by atoms with Crippen LogP contribution in [0.2, 0.25) is 0 Å². The molecule has 24 heavy (non-hydrogen) atoms. The van der Waals surface area contributed by atoms with Crippen molar-refractivity contribution in [1.29, 1.82) is 0 Å². The van der Waals surface area contributed by atoms with E-state index in [1.54, 1.807) is 4.90 Å². The molecule has 0 bridgehead atoms. The molecule has 1 fully saturated rings. The van der Waals surface area contributed by atoms with Crippen molar-refractivity contribution < 1.29 is 4.79 Å². The van der Waals surface area contributed by atoms with E-state index in [2.05, 4.69) is 31.4 Å². The quantitative estimate of drug-likeness (QED) is 0.338. The first-order valence-electron chi connectivity index (χ1n) is 9.23. The summed E-state index contributed by atoms with van der Waals surface area (Å²) in [5.74, 6) is 1.74. The van der Waals surface area contributed by atoms with E-state index < -0.39 is 0 Å². The Morgan fingerprint density at radius 1 is 1.12 bits per heavy atom. The highest BCUT2D eigenvalue weighted by molar-refractivity contribution is 14.0. The Kier molecular flexibility index (Phi) is 11.7. The van der Waals surface area contributed by atoms with E-state index in [9.17, 15) is 4.79 Å². The van der Waals surface area contributed by atoms with E-state index in [4.69, 9.17) is 4.99 Å². The Bertz CT molecular complexity index is 388. The molecule has 0 aliphatic heterocycles. The summed E-state index contributed by atoms with van der Waals surface area (Å²) in [5.41, 5.74) is -0.291. The first kappa shape index (κ1) is 23.5. The minimum Gasteiger partial charge on any atom is -0.357 e. The van der Waals surface area contributed by atoms with Crippen molar-refractivity contribution in [1.82, 2.24) is 15.5 Å². The summed E-state index contributed by atoms with van der Waals surface area (Å²) >= 11 is 0. The summed E-state index contributed by atoms with van der Waals surface area (Å²) in [5, 5.41) is 6.76. The molecule has 1 saturated carbocycles. The molecule has 1 amide bonds. The van der Waals surface area contributed by atoms with Crippen molar-refractivity contribution >= 4 is 35.8 Å². The third-order valence-corrected chi connectivity index (χ3v) is 5.02. The van der Waals surface area contributed by atoms with Gasteiger partial charge in [0.15, 0.2) is 5.96 Å². The maximum atomic E-state index is 12.6. The van der Waals surface area contributed by atoms with Crippen LogP contribution in [0, 0.1) is 11.3 Å². The molecule has 1 rings (SSSR count). The van der Waals surface area contributed by atoms with Crippen LogP contribution in [0.1, 0.15) is 59.3 Å². The van der Waals surface area contributed by atoms with Gasteiger partial charge in [-0.25, -0.2) is 0 Å². The summed E-state index contributed by atoms with van der Waals surface area (Å²) in [4.78, 5) is 19.1. The highest BCUT2D eigenvalue weighted by Crippen LogP contribution is 2.39. The lowest BCUT2D eigenvalue weighted by molar-refractivity contribution is -0.138. The van der Waals surface area contributed by atoms with Crippen LogP contribution >= 0.6 is 24.0 Å². The van der Waals surface area contributed by atoms with Crippen molar-refractivity contribution in [2.75, 3.05) is 33.7 Å². The Balaban J connectivity index is 0.00000529. The van der Waals surface area contributed by atoms with Gasteiger partial charge < -0.3 is 15.5 Å². The van der Waals surface area contributed by atoms with Crippen LogP contribution in [0.5, 0.6) is 0 Å². The molecule has 0 aromatic rings. The van der Waals surface area contributed by atoms with E-state index in [0.717, 1.165) is 44.7 Å². The van der Waals surface area contributed by atoms with Gasteiger partial charge in [0.25, 0.3) is 0 Å². The van der Waals surface area contributed by atoms with Gasteiger partial charge in [-0.05, 0) is 25.7 Å². The molecule has 142 valence electrons. The number of guanidine groups is 1. The Labute approximate surface area is 165 Å². The average Bonchev–Trinajstić information content (AvgIpc) is 3.02. The molecule has 6 heteroatoms. The maximum absolute atomic E-state index is 12.6. The van der Waals surface area contributed by atoms with E-state index in [1.807, 2.05) is 14.1 Å². The van der Waals surface area contributed by atoms with Gasteiger partial charge in [0.1, 0.15) is 0 Å². The van der Waals surface area contributed by atoms with Gasteiger partial charge in [0.2, 0.25) is 5.91 Å². The number of carbonyl (C=O) groups is 1. The number of hydrogen-bond acceptors (Lipinski definition) is 2. The Morgan fingerprint density at radius 2 is 1.71 bits per heavy atom. The number of amides is 1. The Morgan fingerprint density at radius 3 is 2.17 bits per heavy atom. The van der Waals surface area contributed by atoms with Gasteiger partial charge in [0.05, 0.1) is 12.0 Å². The summed E-state index contributed by atoms with van der Waals surface area (Å²) in [6, 6.07) is 0. The fraction of sp³-hybridized carbons (Fsp3) is 0.889. The second-order valence-electron chi connectivity index (χ2n) is 6.95. The monoisotopic (exact) mass is 452 g/mol. The predicted octanol–water partition coefficient (Wildman–Crippen LogP) is 3.24. The number of hydrogen-bond donors (Lipinski definition) is 2. The zero-order valence-electron chi connectivity index (χ0n) is 16.2. The first-order valence-corrected chi connectivity index (χ1v) is 9.23. The standard InChI is InChI=1S/C18H36N4O.HI/c1-6-15(7-2)13-20-17(19-8-3)21-14-18(11-9-10-12-18)16(23)22(4)5;/h15H,6-14H2,1-5H3,(H2,19,20,21);1H. The molecular formula is C18H37IN4O. The van der Waals surface area contributed by atoms with Crippen LogP contribution in [0.25, 0.3) is 0 Å². The van der Waals surface area contributed by atoms with Crippen molar-refractivity contribution in [3.05, 3.63) is 0 Å². The van der Waals surface area contributed by atoms with E-state index in [1.165, 1.54) is 12.8 Å². The molecule has 2 N–H and O–H groups in total. The van der Waals surface area contributed by atoms with E-state index in [-0.39, 0.29) is 35.3 Å².